The molecule has 0 spiro atoms. The lowest BCUT2D eigenvalue weighted by molar-refractivity contribution is -0.145. The van der Waals surface area contributed by atoms with E-state index in [4.69, 9.17) is 27.5 Å². The second-order valence-corrected chi connectivity index (χ2v) is 2.92. The number of aliphatic carboxylic acids is 2. The molecule has 0 aliphatic heterocycles. The van der Waals surface area contributed by atoms with Gasteiger partial charge in [-0.15, -0.1) is 0 Å². The van der Waals surface area contributed by atoms with E-state index in [1.54, 1.807) is 0 Å². The maximum Gasteiger partial charge on any atom is 0.328 e. The minimum Gasteiger partial charge on any atom is -0.481 e. The summed E-state index contributed by atoms with van der Waals surface area (Å²) in [7, 11) is 0. The van der Waals surface area contributed by atoms with Gasteiger partial charge in [0, 0.05) is 6.42 Å². The first-order valence-corrected chi connectivity index (χ1v) is 3.76. The van der Waals surface area contributed by atoms with E-state index >= 15 is 0 Å². The van der Waals surface area contributed by atoms with Gasteiger partial charge in [-0.1, -0.05) is 11.6 Å². The third kappa shape index (κ3) is 3.16. The van der Waals surface area contributed by atoms with Crippen molar-refractivity contribution in [1.29, 1.82) is 0 Å². The molecular weight excluding hydrogens is 205 g/mol. The van der Waals surface area contributed by atoms with Gasteiger partial charge in [-0.3, -0.25) is 9.59 Å². The first kappa shape index (κ1) is 12.1. The van der Waals surface area contributed by atoms with Crippen molar-refractivity contribution >= 4 is 23.5 Å². The molecule has 0 aromatic carbocycles. The zero-order valence-corrected chi connectivity index (χ0v) is 7.29. The molecule has 0 heterocycles. The maximum absolute atomic E-state index is 12.5. The van der Waals surface area contributed by atoms with Crippen LogP contribution in [0.4, 0.5) is 4.39 Å². The average molecular weight is 214 g/mol. The highest BCUT2D eigenvalue weighted by molar-refractivity contribution is 6.22. The van der Waals surface area contributed by atoms with Crippen LogP contribution in [-0.4, -0.2) is 33.3 Å². The second kappa shape index (κ2) is 4.38. The average Bonchev–Trinajstić information content (AvgIpc) is 1.99. The molecule has 0 amide bonds. The smallest absolute Gasteiger partial charge is 0.328 e. The lowest BCUT2D eigenvalue weighted by Gasteiger charge is -2.23. The summed E-state index contributed by atoms with van der Waals surface area (Å²) in [5.41, 5.74) is 0.413. The fraction of sp³-hybridized carbons (Fsp3) is 0.667. The molecule has 0 radical (unpaired) electrons. The third-order valence-electron chi connectivity index (χ3n) is 1.54. The number of carboxylic acid groups (broad SMARTS) is 2. The minimum absolute atomic E-state index is 0.546. The number of carboxylic acids is 2. The summed E-state index contributed by atoms with van der Waals surface area (Å²) in [6.07, 6.45) is -1.10. The Morgan fingerprint density at radius 2 is 2.00 bits per heavy atom. The molecular formula is C6H9ClFNO4. The monoisotopic (exact) mass is 213 g/mol. The Balaban J connectivity index is 4.43. The van der Waals surface area contributed by atoms with E-state index < -0.39 is 36.0 Å². The molecule has 0 saturated carbocycles. The summed E-state index contributed by atoms with van der Waals surface area (Å²) >= 11 is 4.90. The lowest BCUT2D eigenvalue weighted by atomic mass is 9.96. The number of carbonyl (C=O) groups is 2. The summed E-state index contributed by atoms with van der Waals surface area (Å²) < 4.78 is 12.5. The van der Waals surface area contributed by atoms with Crippen LogP contribution in [0.15, 0.2) is 0 Å². The van der Waals surface area contributed by atoms with E-state index in [1.165, 1.54) is 0 Å². The van der Waals surface area contributed by atoms with Crippen molar-refractivity contribution < 1.29 is 24.2 Å². The normalized spacial score (nSPS) is 17.5. The highest BCUT2D eigenvalue weighted by atomic mass is 35.5. The van der Waals surface area contributed by atoms with Crippen LogP contribution in [0.3, 0.4) is 0 Å². The largest absolute Gasteiger partial charge is 0.481 e. The predicted octanol–water partition coefficient (Wildman–Crippen LogP) is 0.168. The highest BCUT2D eigenvalue weighted by Gasteiger charge is 2.42. The molecule has 76 valence electrons. The van der Waals surface area contributed by atoms with E-state index in [1.807, 2.05) is 0 Å². The van der Waals surface area contributed by atoms with Gasteiger partial charge in [-0.2, -0.15) is 0 Å². The van der Waals surface area contributed by atoms with E-state index in [9.17, 15) is 14.0 Å². The van der Waals surface area contributed by atoms with Crippen LogP contribution >= 0.6 is 11.6 Å². The number of halogens is 2. The molecule has 0 aromatic heterocycles. The van der Waals surface area contributed by atoms with Gasteiger partial charge in [0.2, 0.25) is 5.63 Å². The van der Waals surface area contributed by atoms with Gasteiger partial charge in [0.25, 0.3) is 0 Å². The molecule has 5 nitrogen and oxygen atoms in total. The molecule has 2 atom stereocenters. The Labute approximate surface area is 78.3 Å². The van der Waals surface area contributed by atoms with Crippen molar-refractivity contribution in [3.8, 4) is 0 Å². The van der Waals surface area contributed by atoms with Gasteiger partial charge in [-0.25, -0.2) is 4.39 Å². The zero-order chi connectivity index (χ0) is 10.6. The van der Waals surface area contributed by atoms with E-state index in [2.05, 4.69) is 0 Å². The Hall–Kier alpha value is -0.880. The van der Waals surface area contributed by atoms with Gasteiger partial charge < -0.3 is 15.9 Å². The van der Waals surface area contributed by atoms with Gasteiger partial charge in [0.15, 0.2) is 5.54 Å². The molecule has 0 aromatic rings. The second-order valence-electron chi connectivity index (χ2n) is 2.54. The topological polar surface area (TPSA) is 101 Å². The van der Waals surface area contributed by atoms with Crippen LogP contribution < -0.4 is 5.73 Å². The van der Waals surface area contributed by atoms with Crippen LogP contribution in [0.2, 0.25) is 0 Å². The van der Waals surface area contributed by atoms with Crippen LogP contribution in [0.1, 0.15) is 12.8 Å². The van der Waals surface area contributed by atoms with Crippen molar-refractivity contribution in [3.63, 3.8) is 0 Å². The lowest BCUT2D eigenvalue weighted by Crippen LogP contribution is -2.54. The van der Waals surface area contributed by atoms with Crippen LogP contribution in [0, 0.1) is 0 Å². The summed E-state index contributed by atoms with van der Waals surface area (Å²) in [6, 6.07) is 0. The van der Waals surface area contributed by atoms with Gasteiger partial charge in [0.1, 0.15) is 0 Å². The van der Waals surface area contributed by atoms with E-state index in [0.29, 0.717) is 0 Å². The van der Waals surface area contributed by atoms with Crippen molar-refractivity contribution in [2.75, 3.05) is 0 Å². The maximum atomic E-state index is 12.5. The molecule has 0 saturated heterocycles. The SMILES string of the molecule is N[C@@](CCC(=O)O)(C(=O)O)[C@H](F)Cl. The highest BCUT2D eigenvalue weighted by Crippen LogP contribution is 2.21. The first-order chi connectivity index (χ1) is 5.80. The summed E-state index contributed by atoms with van der Waals surface area (Å²) in [6.45, 7) is 0. The van der Waals surface area contributed by atoms with E-state index in [-0.39, 0.29) is 0 Å². The fourth-order valence-corrected chi connectivity index (χ4v) is 0.826. The van der Waals surface area contributed by atoms with Crippen molar-refractivity contribution in [2.45, 2.75) is 24.0 Å². The Kier molecular flexibility index (Phi) is 4.09. The molecule has 0 rings (SSSR count). The quantitative estimate of drug-likeness (QED) is 0.565. The number of hydrogen-bond donors (Lipinski definition) is 3. The Morgan fingerprint density at radius 1 is 1.54 bits per heavy atom. The van der Waals surface area contributed by atoms with Gasteiger partial charge in [-0.05, 0) is 6.42 Å². The van der Waals surface area contributed by atoms with Crippen LogP contribution in [0.5, 0.6) is 0 Å². The van der Waals surface area contributed by atoms with Crippen LogP contribution in [0.25, 0.3) is 0 Å². The first-order valence-electron chi connectivity index (χ1n) is 3.33. The summed E-state index contributed by atoms with van der Waals surface area (Å²) in [5.74, 6) is -2.91. The van der Waals surface area contributed by atoms with Crippen molar-refractivity contribution in [1.82, 2.24) is 0 Å². The Bertz CT molecular complexity index is 223. The number of nitrogens with two attached hydrogens (primary N) is 1. The van der Waals surface area contributed by atoms with Gasteiger partial charge >= 0.3 is 11.9 Å². The summed E-state index contributed by atoms with van der Waals surface area (Å²) in [4.78, 5) is 20.5. The molecule has 0 fully saturated rings. The molecule has 0 aliphatic carbocycles. The van der Waals surface area contributed by atoms with Crippen LogP contribution in [-0.2, 0) is 9.59 Å². The number of alkyl halides is 2. The van der Waals surface area contributed by atoms with E-state index in [0.717, 1.165) is 0 Å². The Morgan fingerprint density at radius 3 is 2.23 bits per heavy atom. The van der Waals surface area contributed by atoms with Crippen molar-refractivity contribution in [3.05, 3.63) is 0 Å². The minimum atomic E-state index is -2.33. The molecule has 0 unspecified atom stereocenters. The molecule has 4 N–H and O–H groups in total. The number of rotatable bonds is 5. The predicted molar refractivity (Wildman–Crippen MR) is 42.2 cm³/mol. The fourth-order valence-electron chi connectivity index (χ4n) is 0.623. The van der Waals surface area contributed by atoms with Gasteiger partial charge in [0.05, 0.1) is 0 Å². The molecule has 0 aliphatic rings. The summed E-state index contributed by atoms with van der Waals surface area (Å²) in [5, 5.41) is 16.7. The standard InChI is InChI=1S/C6H9ClFNO4/c7-4(8)6(9,5(12)13)2-1-3(10)11/h4H,1-2,9H2,(H,10,11)(H,12,13)/t4-,6+/m0/s1. The molecule has 7 heteroatoms. The molecule has 13 heavy (non-hydrogen) atoms. The third-order valence-corrected chi connectivity index (χ3v) is 1.93. The van der Waals surface area contributed by atoms with Crippen molar-refractivity contribution in [2.24, 2.45) is 5.73 Å². The number of hydrogen-bond acceptors (Lipinski definition) is 3. The molecule has 0 bridgehead atoms. The zero-order valence-electron chi connectivity index (χ0n) is 6.54.